The fourth-order valence-corrected chi connectivity index (χ4v) is 3.15. The molecule has 0 aliphatic heterocycles. The molecular formula is C18H17N5O3. The molecule has 0 spiro atoms. The average Bonchev–Trinajstić information content (AvgIpc) is 3.10. The van der Waals surface area contributed by atoms with Crippen LogP contribution in [0.2, 0.25) is 0 Å². The van der Waals surface area contributed by atoms with E-state index in [9.17, 15) is 14.9 Å². The zero-order valence-electron chi connectivity index (χ0n) is 14.5. The fourth-order valence-electron chi connectivity index (χ4n) is 3.15. The molecule has 8 nitrogen and oxygen atoms in total. The summed E-state index contributed by atoms with van der Waals surface area (Å²) < 4.78 is 3.26. The molecule has 0 bridgehead atoms. The molecule has 0 atom stereocenters. The van der Waals surface area contributed by atoms with Gasteiger partial charge >= 0.3 is 5.69 Å². The minimum Gasteiger partial charge on any atom is -0.346 e. The molecule has 0 unspecified atom stereocenters. The van der Waals surface area contributed by atoms with E-state index in [0.717, 1.165) is 10.9 Å². The number of aryl methyl sites for hydroxylation is 2. The summed E-state index contributed by atoms with van der Waals surface area (Å²) >= 11 is 0. The minimum atomic E-state index is -0.480. The number of aromatic nitrogens is 3. The summed E-state index contributed by atoms with van der Waals surface area (Å²) in [7, 11) is 0. The van der Waals surface area contributed by atoms with E-state index < -0.39 is 4.92 Å². The molecule has 132 valence electrons. The Kier molecular flexibility index (Phi) is 4.54. The van der Waals surface area contributed by atoms with Crippen LogP contribution in [0.3, 0.4) is 0 Å². The fraction of sp³-hybridized carbons (Fsp3) is 0.278. The quantitative estimate of drug-likeness (QED) is 0.385. The van der Waals surface area contributed by atoms with Crippen LogP contribution in [0.4, 0.5) is 5.69 Å². The number of nitriles is 1. The van der Waals surface area contributed by atoms with Crippen molar-refractivity contribution in [3.8, 4) is 6.07 Å². The molecule has 0 N–H and O–H groups in total. The number of carbonyl (C=O) groups excluding carboxylic acids is 1. The normalized spacial score (nSPS) is 10.8. The molecule has 26 heavy (non-hydrogen) atoms. The first-order chi connectivity index (χ1) is 12.4. The van der Waals surface area contributed by atoms with Gasteiger partial charge in [0.15, 0.2) is 5.78 Å². The number of hydrogen-bond donors (Lipinski definition) is 0. The van der Waals surface area contributed by atoms with E-state index in [1.54, 1.807) is 20.0 Å². The highest BCUT2D eigenvalue weighted by molar-refractivity contribution is 6.08. The van der Waals surface area contributed by atoms with Crippen molar-refractivity contribution in [1.82, 2.24) is 14.3 Å². The molecule has 0 saturated carbocycles. The first-order valence-electron chi connectivity index (χ1n) is 8.10. The number of carbonyl (C=O) groups is 1. The van der Waals surface area contributed by atoms with Crippen molar-refractivity contribution in [3.63, 3.8) is 0 Å². The summed E-state index contributed by atoms with van der Waals surface area (Å²) in [4.78, 5) is 23.5. The van der Waals surface area contributed by atoms with Gasteiger partial charge in [0.05, 0.1) is 17.4 Å². The third-order valence-electron chi connectivity index (χ3n) is 4.37. The maximum Gasteiger partial charge on any atom is 0.312 e. The highest BCUT2D eigenvalue weighted by Crippen LogP contribution is 2.25. The lowest BCUT2D eigenvalue weighted by Gasteiger charge is -2.02. The van der Waals surface area contributed by atoms with Crippen molar-refractivity contribution in [3.05, 3.63) is 57.5 Å². The van der Waals surface area contributed by atoms with Gasteiger partial charge in [-0.25, -0.2) is 0 Å². The monoisotopic (exact) mass is 351 g/mol. The molecule has 2 aromatic heterocycles. The Hall–Kier alpha value is -3.47. The third-order valence-corrected chi connectivity index (χ3v) is 4.37. The average molecular weight is 351 g/mol. The predicted molar refractivity (Wildman–Crippen MR) is 94.9 cm³/mol. The standard InChI is InChI=1S/C18H17N5O3/c1-12-18(23(25)26)13(2)22(20-12)11-17(24)15-10-21(9-5-8-19)16-7-4-3-6-14(15)16/h3-4,6-7,10H,5,9,11H2,1-2H3. The number of fused-ring (bicyclic) bond motifs is 1. The summed E-state index contributed by atoms with van der Waals surface area (Å²) in [6, 6.07) is 9.59. The minimum absolute atomic E-state index is 0.0609. The number of Topliss-reactive ketones (excluding diaryl/α,β-unsaturated/α-hetero) is 1. The highest BCUT2D eigenvalue weighted by Gasteiger charge is 2.24. The zero-order valence-corrected chi connectivity index (χ0v) is 14.5. The number of hydrogen-bond acceptors (Lipinski definition) is 5. The maximum absolute atomic E-state index is 12.8. The topological polar surface area (TPSA) is 107 Å². The lowest BCUT2D eigenvalue weighted by Crippen LogP contribution is -2.13. The van der Waals surface area contributed by atoms with Crippen LogP contribution < -0.4 is 0 Å². The van der Waals surface area contributed by atoms with Crippen molar-refractivity contribution in [2.24, 2.45) is 0 Å². The van der Waals surface area contributed by atoms with Gasteiger partial charge in [-0.3, -0.25) is 19.6 Å². The summed E-state index contributed by atoms with van der Waals surface area (Å²) in [6.45, 7) is 3.56. The van der Waals surface area contributed by atoms with Crippen molar-refractivity contribution in [2.45, 2.75) is 33.4 Å². The molecule has 0 radical (unpaired) electrons. The third kappa shape index (κ3) is 2.95. The van der Waals surface area contributed by atoms with Crippen LogP contribution >= 0.6 is 0 Å². The van der Waals surface area contributed by atoms with Gasteiger partial charge in [0.1, 0.15) is 17.9 Å². The molecule has 0 aliphatic rings. The van der Waals surface area contributed by atoms with Crippen LogP contribution in [0.25, 0.3) is 10.9 Å². The number of benzene rings is 1. The predicted octanol–water partition coefficient (Wildman–Crippen LogP) is 3.16. The number of nitro groups is 1. The summed E-state index contributed by atoms with van der Waals surface area (Å²) in [5.74, 6) is -0.183. The second-order valence-electron chi connectivity index (χ2n) is 6.02. The van der Waals surface area contributed by atoms with Crippen LogP contribution in [0.1, 0.15) is 28.2 Å². The van der Waals surface area contributed by atoms with Crippen molar-refractivity contribution in [1.29, 1.82) is 5.26 Å². The smallest absolute Gasteiger partial charge is 0.312 e. The lowest BCUT2D eigenvalue weighted by molar-refractivity contribution is -0.386. The Bertz CT molecular complexity index is 1050. The molecule has 3 rings (SSSR count). The molecule has 1 aromatic carbocycles. The van der Waals surface area contributed by atoms with Gasteiger partial charge in [0.2, 0.25) is 0 Å². The van der Waals surface area contributed by atoms with Crippen LogP contribution in [-0.4, -0.2) is 25.1 Å². The maximum atomic E-state index is 12.8. The number of ketones is 1. The van der Waals surface area contributed by atoms with E-state index in [4.69, 9.17) is 5.26 Å². The Morgan fingerprint density at radius 3 is 2.73 bits per heavy atom. The van der Waals surface area contributed by atoms with Crippen LogP contribution in [0.5, 0.6) is 0 Å². The van der Waals surface area contributed by atoms with Crippen LogP contribution in [-0.2, 0) is 13.1 Å². The molecule has 0 fully saturated rings. The van der Waals surface area contributed by atoms with Gasteiger partial charge in [-0.1, -0.05) is 18.2 Å². The Balaban J connectivity index is 1.98. The zero-order chi connectivity index (χ0) is 18.8. The second-order valence-corrected chi connectivity index (χ2v) is 6.02. The highest BCUT2D eigenvalue weighted by atomic mass is 16.6. The van der Waals surface area contributed by atoms with Crippen molar-refractivity contribution in [2.75, 3.05) is 0 Å². The van der Waals surface area contributed by atoms with Gasteiger partial charge in [0.25, 0.3) is 0 Å². The van der Waals surface area contributed by atoms with E-state index in [0.29, 0.717) is 24.2 Å². The van der Waals surface area contributed by atoms with Gasteiger partial charge in [-0.05, 0) is 19.9 Å². The lowest BCUT2D eigenvalue weighted by atomic mass is 10.1. The van der Waals surface area contributed by atoms with E-state index in [1.165, 1.54) is 4.68 Å². The van der Waals surface area contributed by atoms with E-state index in [-0.39, 0.29) is 23.7 Å². The second kappa shape index (κ2) is 6.80. The number of para-hydroxylation sites is 1. The van der Waals surface area contributed by atoms with E-state index in [2.05, 4.69) is 11.2 Å². The Morgan fingerprint density at radius 2 is 2.08 bits per heavy atom. The van der Waals surface area contributed by atoms with Gasteiger partial charge < -0.3 is 4.57 Å². The van der Waals surface area contributed by atoms with E-state index in [1.807, 2.05) is 28.8 Å². The number of nitrogens with zero attached hydrogens (tertiary/aromatic N) is 5. The molecule has 8 heteroatoms. The first kappa shape index (κ1) is 17.4. The molecule has 2 heterocycles. The summed E-state index contributed by atoms with van der Waals surface area (Å²) in [5.41, 5.74) is 1.99. The summed E-state index contributed by atoms with van der Waals surface area (Å²) in [6.07, 6.45) is 2.08. The van der Waals surface area contributed by atoms with Crippen LogP contribution in [0, 0.1) is 35.3 Å². The van der Waals surface area contributed by atoms with Crippen LogP contribution in [0.15, 0.2) is 30.5 Å². The van der Waals surface area contributed by atoms with E-state index >= 15 is 0 Å². The number of rotatable bonds is 6. The molecular weight excluding hydrogens is 334 g/mol. The van der Waals surface area contributed by atoms with Crippen molar-refractivity contribution < 1.29 is 9.72 Å². The molecule has 0 aliphatic carbocycles. The van der Waals surface area contributed by atoms with Gasteiger partial charge in [-0.15, -0.1) is 0 Å². The largest absolute Gasteiger partial charge is 0.346 e. The van der Waals surface area contributed by atoms with Crippen molar-refractivity contribution >= 4 is 22.4 Å². The van der Waals surface area contributed by atoms with Gasteiger partial charge in [-0.2, -0.15) is 10.4 Å². The van der Waals surface area contributed by atoms with Gasteiger partial charge in [0, 0.05) is 29.2 Å². The SMILES string of the molecule is Cc1nn(CC(=O)c2cn(CCC#N)c3ccccc23)c(C)c1[N+](=O)[O-]. The first-order valence-corrected chi connectivity index (χ1v) is 8.10. The Morgan fingerprint density at radius 1 is 1.35 bits per heavy atom. The molecule has 0 saturated heterocycles. The molecule has 3 aromatic rings. The Labute approximate surface area is 149 Å². The molecule has 0 amide bonds. The summed E-state index contributed by atoms with van der Waals surface area (Å²) in [5, 5.41) is 24.9.